The monoisotopic (exact) mass is 496 g/mol. The highest BCUT2D eigenvalue weighted by atomic mass is 35.5. The zero-order valence-electron chi connectivity index (χ0n) is 19.2. The summed E-state index contributed by atoms with van der Waals surface area (Å²) in [5.41, 5.74) is 3.29. The second-order valence-electron chi connectivity index (χ2n) is 9.49. The first-order chi connectivity index (χ1) is 16.6. The lowest BCUT2D eigenvalue weighted by molar-refractivity contribution is -0.127. The van der Waals surface area contributed by atoms with Crippen LogP contribution in [-0.2, 0) is 4.79 Å². The molecule has 0 radical (unpaired) electrons. The fourth-order valence-electron chi connectivity index (χ4n) is 5.33. The Morgan fingerprint density at radius 1 is 1.06 bits per heavy atom. The topological polar surface area (TPSA) is 52.2 Å². The lowest BCUT2D eigenvalue weighted by Crippen LogP contribution is -2.42. The second kappa shape index (κ2) is 10.5. The number of likely N-dealkylation sites (tertiary alicyclic amines) is 2. The van der Waals surface area contributed by atoms with Gasteiger partial charge in [0.25, 0.3) is 0 Å². The lowest BCUT2D eigenvalue weighted by Gasteiger charge is -2.37. The molecule has 0 atom stereocenters. The molecule has 0 spiro atoms. The van der Waals surface area contributed by atoms with Gasteiger partial charge < -0.3 is 14.8 Å². The summed E-state index contributed by atoms with van der Waals surface area (Å²) in [4.78, 5) is 25.0. The van der Waals surface area contributed by atoms with Gasteiger partial charge in [-0.1, -0.05) is 29.3 Å². The number of nitrogens with zero attached hydrogens (tertiary/aromatic N) is 3. The van der Waals surface area contributed by atoms with Crippen LogP contribution in [0.1, 0.15) is 42.7 Å². The van der Waals surface area contributed by atoms with Gasteiger partial charge in [-0.05, 0) is 92.1 Å². The molecule has 2 aromatic heterocycles. The largest absolute Gasteiger partial charge is 0.346 e. The van der Waals surface area contributed by atoms with Gasteiger partial charge in [0.1, 0.15) is 5.65 Å². The van der Waals surface area contributed by atoms with Crippen molar-refractivity contribution in [3.63, 3.8) is 0 Å². The van der Waals surface area contributed by atoms with Gasteiger partial charge in [-0.25, -0.2) is 4.98 Å². The highest BCUT2D eigenvalue weighted by Crippen LogP contribution is 2.33. The van der Waals surface area contributed by atoms with E-state index >= 15 is 0 Å². The molecule has 2 fully saturated rings. The number of pyridine rings is 1. The Morgan fingerprint density at radius 2 is 1.85 bits per heavy atom. The maximum Gasteiger partial charge on any atom is 0.246 e. The van der Waals surface area contributed by atoms with E-state index in [0.29, 0.717) is 21.9 Å². The van der Waals surface area contributed by atoms with Crippen LogP contribution in [0, 0.1) is 5.92 Å². The Kier molecular flexibility index (Phi) is 7.23. The van der Waals surface area contributed by atoms with Gasteiger partial charge in [-0.2, -0.15) is 0 Å². The lowest BCUT2D eigenvalue weighted by atomic mass is 9.88. The van der Waals surface area contributed by atoms with Gasteiger partial charge in [-0.15, -0.1) is 0 Å². The maximum atomic E-state index is 12.6. The van der Waals surface area contributed by atoms with Gasteiger partial charge in [0, 0.05) is 43.5 Å². The number of fused-ring (bicyclic) bond motifs is 1. The molecule has 1 N–H and O–H groups in total. The van der Waals surface area contributed by atoms with Gasteiger partial charge in [0.15, 0.2) is 0 Å². The molecule has 34 heavy (non-hydrogen) atoms. The number of benzene rings is 1. The van der Waals surface area contributed by atoms with Crippen LogP contribution in [0.5, 0.6) is 0 Å². The molecule has 7 heteroatoms. The summed E-state index contributed by atoms with van der Waals surface area (Å²) >= 11 is 12.0. The summed E-state index contributed by atoms with van der Waals surface area (Å²) in [6.45, 7) is 5.08. The van der Waals surface area contributed by atoms with E-state index in [1.807, 2.05) is 29.3 Å². The first-order valence-electron chi connectivity index (χ1n) is 12.1. The molecule has 178 valence electrons. The number of nitrogens with one attached hydrogen (secondary N) is 1. The van der Waals surface area contributed by atoms with Crippen molar-refractivity contribution in [2.24, 2.45) is 5.92 Å². The first-order valence-corrected chi connectivity index (χ1v) is 12.9. The van der Waals surface area contributed by atoms with Crippen LogP contribution in [0.4, 0.5) is 0 Å². The van der Waals surface area contributed by atoms with Crippen molar-refractivity contribution < 1.29 is 4.79 Å². The van der Waals surface area contributed by atoms with Gasteiger partial charge in [-0.3, -0.25) is 4.79 Å². The van der Waals surface area contributed by atoms with Crippen molar-refractivity contribution in [2.45, 2.75) is 31.6 Å². The van der Waals surface area contributed by atoms with Crippen molar-refractivity contribution in [1.29, 1.82) is 0 Å². The fraction of sp³-hybridized carbons (Fsp3) is 0.407. The zero-order valence-corrected chi connectivity index (χ0v) is 20.7. The number of halogens is 2. The van der Waals surface area contributed by atoms with Crippen molar-refractivity contribution >= 4 is 46.2 Å². The summed E-state index contributed by atoms with van der Waals surface area (Å²) < 4.78 is 0. The number of H-pyrrole nitrogens is 1. The number of amides is 1. The number of hydrogen-bond acceptors (Lipinski definition) is 3. The Labute approximate surface area is 210 Å². The molecule has 2 aliphatic heterocycles. The maximum absolute atomic E-state index is 12.6. The highest BCUT2D eigenvalue weighted by Gasteiger charge is 2.27. The van der Waals surface area contributed by atoms with Crippen LogP contribution >= 0.6 is 23.2 Å². The minimum atomic E-state index is 0.0681. The minimum absolute atomic E-state index is 0.0681. The molecule has 3 aromatic rings. The molecule has 5 nitrogen and oxygen atoms in total. The van der Waals surface area contributed by atoms with Crippen LogP contribution in [0.3, 0.4) is 0 Å². The average Bonchev–Trinajstić information content (AvgIpc) is 3.30. The number of aromatic nitrogens is 2. The zero-order chi connectivity index (χ0) is 23.5. The van der Waals surface area contributed by atoms with Crippen LogP contribution in [-0.4, -0.2) is 58.4 Å². The van der Waals surface area contributed by atoms with Crippen molar-refractivity contribution in [2.75, 3.05) is 32.7 Å². The minimum Gasteiger partial charge on any atom is -0.346 e. The van der Waals surface area contributed by atoms with E-state index in [1.165, 1.54) is 23.8 Å². The first kappa shape index (κ1) is 23.4. The molecule has 5 rings (SSSR count). The number of piperidine rings is 2. The molecule has 1 aromatic carbocycles. The van der Waals surface area contributed by atoms with E-state index in [4.69, 9.17) is 23.2 Å². The van der Waals surface area contributed by atoms with Crippen LogP contribution < -0.4 is 0 Å². The molecule has 2 aliphatic rings. The Morgan fingerprint density at radius 3 is 2.62 bits per heavy atom. The van der Waals surface area contributed by atoms with Gasteiger partial charge in [0.05, 0.1) is 10.0 Å². The predicted octanol–water partition coefficient (Wildman–Crippen LogP) is 6.00. The molecule has 0 unspecified atom stereocenters. The third kappa shape index (κ3) is 5.32. The molecule has 0 bridgehead atoms. The average molecular weight is 497 g/mol. The third-order valence-electron chi connectivity index (χ3n) is 7.32. The van der Waals surface area contributed by atoms with Crippen molar-refractivity contribution in [3.05, 3.63) is 70.0 Å². The highest BCUT2D eigenvalue weighted by molar-refractivity contribution is 6.42. The predicted molar refractivity (Wildman–Crippen MR) is 139 cm³/mol. The van der Waals surface area contributed by atoms with E-state index in [9.17, 15) is 4.79 Å². The van der Waals surface area contributed by atoms with Gasteiger partial charge >= 0.3 is 0 Å². The second-order valence-corrected chi connectivity index (χ2v) is 10.3. The molecule has 0 aliphatic carbocycles. The van der Waals surface area contributed by atoms with Gasteiger partial charge in [0.2, 0.25) is 5.91 Å². The van der Waals surface area contributed by atoms with Crippen LogP contribution in [0.2, 0.25) is 10.0 Å². The summed E-state index contributed by atoms with van der Waals surface area (Å²) in [5.74, 6) is 1.34. The number of carbonyl (C=O) groups is 1. The SMILES string of the molecule is O=C(/C=C/c1ccc(Cl)c(Cl)c1)N1CCC(CN2CCC(c3c[nH]c4ncccc34)CC2)CC1. The molecule has 1 amide bonds. The number of rotatable bonds is 5. The number of carbonyl (C=O) groups excluding carboxylic acids is 1. The molecule has 4 heterocycles. The standard InChI is InChI=1S/C27H30Cl2N4O/c28-24-5-3-19(16-25(24)29)4-6-26(34)33-14-7-20(8-15-33)18-32-12-9-21(10-13-32)23-17-31-27-22(23)2-1-11-30-27/h1-6,11,16-17,20-21H,7-10,12-15,18H2,(H,30,31)/b6-4+. The summed E-state index contributed by atoms with van der Waals surface area (Å²) in [6.07, 6.45) is 12.0. The van der Waals surface area contributed by atoms with E-state index in [-0.39, 0.29) is 5.91 Å². The number of hydrogen-bond donors (Lipinski definition) is 1. The summed E-state index contributed by atoms with van der Waals surface area (Å²) in [5, 5.41) is 2.29. The van der Waals surface area contributed by atoms with Crippen molar-refractivity contribution in [3.8, 4) is 0 Å². The van der Waals surface area contributed by atoms with E-state index in [0.717, 1.165) is 56.8 Å². The third-order valence-corrected chi connectivity index (χ3v) is 8.05. The summed E-state index contributed by atoms with van der Waals surface area (Å²) in [7, 11) is 0. The Balaban J connectivity index is 1.07. The molecular weight excluding hydrogens is 467 g/mol. The quantitative estimate of drug-likeness (QED) is 0.440. The van der Waals surface area contributed by atoms with E-state index < -0.39 is 0 Å². The number of aromatic amines is 1. The van der Waals surface area contributed by atoms with Crippen molar-refractivity contribution in [1.82, 2.24) is 19.8 Å². The van der Waals surface area contributed by atoms with E-state index in [2.05, 4.69) is 27.1 Å². The fourth-order valence-corrected chi connectivity index (χ4v) is 5.64. The normalized spacial score (nSPS) is 18.8. The summed E-state index contributed by atoms with van der Waals surface area (Å²) in [6, 6.07) is 9.59. The molecule has 0 saturated carbocycles. The Hall–Kier alpha value is -2.34. The van der Waals surface area contributed by atoms with Crippen LogP contribution in [0.15, 0.2) is 48.8 Å². The van der Waals surface area contributed by atoms with E-state index in [1.54, 1.807) is 18.2 Å². The molecule has 2 saturated heterocycles. The smallest absolute Gasteiger partial charge is 0.246 e. The molecular formula is C27H30Cl2N4O. The van der Waals surface area contributed by atoms with Crippen LogP contribution in [0.25, 0.3) is 17.1 Å². The Bertz CT molecular complexity index is 1170.